The lowest BCUT2D eigenvalue weighted by Gasteiger charge is -2.39. The van der Waals surface area contributed by atoms with Crippen LogP contribution in [0.15, 0.2) is 0 Å². The van der Waals surface area contributed by atoms with Gasteiger partial charge in [-0.1, -0.05) is 20.8 Å². The van der Waals surface area contributed by atoms with E-state index < -0.39 is 8.32 Å². The van der Waals surface area contributed by atoms with E-state index in [0.29, 0.717) is 23.9 Å². The van der Waals surface area contributed by atoms with Crippen LogP contribution in [0.3, 0.4) is 0 Å². The number of fused-ring (bicyclic) bond motifs is 1. The van der Waals surface area contributed by atoms with Gasteiger partial charge in [-0.3, -0.25) is 0 Å². The highest BCUT2D eigenvalue weighted by atomic mass is 28.4. The molecule has 0 aliphatic heterocycles. The van der Waals surface area contributed by atoms with Crippen LogP contribution in [-0.4, -0.2) is 39.3 Å². The van der Waals surface area contributed by atoms with Crippen molar-refractivity contribution in [3.63, 3.8) is 0 Å². The van der Waals surface area contributed by atoms with E-state index in [1.807, 2.05) is 7.11 Å². The van der Waals surface area contributed by atoms with Crippen molar-refractivity contribution >= 4 is 8.32 Å². The highest BCUT2D eigenvalue weighted by Gasteiger charge is 2.47. The summed E-state index contributed by atoms with van der Waals surface area (Å²) in [4.78, 5) is 0. The first-order valence-electron chi connectivity index (χ1n) is 8.50. The minimum Gasteiger partial charge on any atom is -0.416 e. The number of rotatable bonds is 4. The normalized spacial score (nSPS) is 37.6. The third-order valence-corrected chi connectivity index (χ3v) is 10.8. The van der Waals surface area contributed by atoms with Crippen LogP contribution in [0.4, 0.5) is 0 Å². The van der Waals surface area contributed by atoms with E-state index in [4.69, 9.17) is 9.16 Å². The molecule has 2 fully saturated rings. The maximum absolute atomic E-state index is 9.90. The van der Waals surface area contributed by atoms with Crippen LogP contribution in [0.2, 0.25) is 18.1 Å². The second-order valence-electron chi connectivity index (χ2n) is 8.64. The van der Waals surface area contributed by atoms with Crippen LogP contribution < -0.4 is 0 Å². The van der Waals surface area contributed by atoms with Crippen LogP contribution in [0.1, 0.15) is 46.5 Å². The summed E-state index contributed by atoms with van der Waals surface area (Å²) in [7, 11) is 0.141. The van der Waals surface area contributed by atoms with Crippen molar-refractivity contribution in [3.05, 3.63) is 0 Å². The van der Waals surface area contributed by atoms with Crippen molar-refractivity contribution in [3.8, 4) is 0 Å². The molecule has 2 rings (SSSR count). The molecule has 0 amide bonds. The standard InChI is InChI=1S/C17H34O3Si/c1-17(2,3)21(5,6)20-11-15-14-8-7-13(18)9-12(14)10-16(15)19-4/h12-16,18H,7-11H2,1-6H3/t12-,13-,14-,15+,16+/m1/s1. The smallest absolute Gasteiger partial charge is 0.191 e. The summed E-state index contributed by atoms with van der Waals surface area (Å²) in [6.07, 6.45) is 4.37. The molecular formula is C17H34O3Si. The van der Waals surface area contributed by atoms with Gasteiger partial charge in [-0.15, -0.1) is 0 Å². The Hall–Kier alpha value is 0.0969. The molecule has 0 aromatic heterocycles. The Morgan fingerprint density at radius 3 is 2.38 bits per heavy atom. The number of hydrogen-bond acceptors (Lipinski definition) is 3. The summed E-state index contributed by atoms with van der Waals surface area (Å²) < 4.78 is 12.2. The van der Waals surface area contributed by atoms with E-state index in [2.05, 4.69) is 33.9 Å². The maximum atomic E-state index is 9.90. The first kappa shape index (κ1) is 17.5. The fraction of sp³-hybridized carbons (Fsp3) is 1.00. The molecule has 3 nitrogen and oxygen atoms in total. The molecule has 1 N–H and O–H groups in total. The predicted molar refractivity (Wildman–Crippen MR) is 88.9 cm³/mol. The van der Waals surface area contributed by atoms with Crippen LogP contribution in [0, 0.1) is 17.8 Å². The van der Waals surface area contributed by atoms with Crippen LogP contribution in [0.5, 0.6) is 0 Å². The summed E-state index contributed by atoms with van der Waals surface area (Å²) in [6, 6.07) is 0. The van der Waals surface area contributed by atoms with Gasteiger partial charge < -0.3 is 14.3 Å². The average Bonchev–Trinajstić information content (AvgIpc) is 2.71. The van der Waals surface area contributed by atoms with Crippen LogP contribution in [0.25, 0.3) is 0 Å². The monoisotopic (exact) mass is 314 g/mol. The topological polar surface area (TPSA) is 38.7 Å². The molecular weight excluding hydrogens is 280 g/mol. The van der Waals surface area contributed by atoms with Gasteiger partial charge in [0.25, 0.3) is 0 Å². The molecule has 0 saturated heterocycles. The van der Waals surface area contributed by atoms with E-state index in [0.717, 1.165) is 32.3 Å². The summed E-state index contributed by atoms with van der Waals surface area (Å²) >= 11 is 0. The van der Waals surface area contributed by atoms with Crippen molar-refractivity contribution < 1.29 is 14.3 Å². The quantitative estimate of drug-likeness (QED) is 0.802. The van der Waals surface area contributed by atoms with E-state index in [1.165, 1.54) is 0 Å². The van der Waals surface area contributed by atoms with Gasteiger partial charge in [0.05, 0.1) is 12.2 Å². The second-order valence-corrected chi connectivity index (χ2v) is 13.4. The Labute approximate surface area is 131 Å². The molecule has 0 aromatic rings. The zero-order chi connectivity index (χ0) is 15.8. The molecule has 124 valence electrons. The lowest BCUT2D eigenvalue weighted by Crippen LogP contribution is -2.43. The van der Waals surface area contributed by atoms with E-state index in [1.54, 1.807) is 0 Å². The molecule has 2 saturated carbocycles. The fourth-order valence-corrected chi connectivity index (χ4v) is 4.91. The van der Waals surface area contributed by atoms with Gasteiger partial charge in [-0.05, 0) is 55.7 Å². The molecule has 2 aliphatic carbocycles. The molecule has 21 heavy (non-hydrogen) atoms. The Balaban J connectivity index is 2.01. The first-order valence-corrected chi connectivity index (χ1v) is 11.4. The van der Waals surface area contributed by atoms with Gasteiger partial charge >= 0.3 is 0 Å². The Bertz CT molecular complexity index is 350. The maximum Gasteiger partial charge on any atom is 0.191 e. The third kappa shape index (κ3) is 3.71. The molecule has 0 heterocycles. The largest absolute Gasteiger partial charge is 0.416 e. The van der Waals surface area contributed by atoms with Crippen molar-refractivity contribution in [2.75, 3.05) is 13.7 Å². The van der Waals surface area contributed by atoms with Gasteiger partial charge in [0.2, 0.25) is 0 Å². The van der Waals surface area contributed by atoms with Gasteiger partial charge in [0.15, 0.2) is 8.32 Å². The summed E-state index contributed by atoms with van der Waals surface area (Å²) in [5.74, 6) is 1.83. The summed E-state index contributed by atoms with van der Waals surface area (Å²) in [5.41, 5.74) is 0. The molecule has 5 atom stereocenters. The minimum atomic E-state index is -1.69. The van der Waals surface area contributed by atoms with Gasteiger partial charge in [0, 0.05) is 19.6 Å². The molecule has 0 bridgehead atoms. The lowest BCUT2D eigenvalue weighted by molar-refractivity contribution is 0.0262. The van der Waals surface area contributed by atoms with E-state index in [-0.39, 0.29) is 11.1 Å². The Morgan fingerprint density at radius 2 is 1.81 bits per heavy atom. The second kappa shape index (κ2) is 6.30. The summed E-state index contributed by atoms with van der Waals surface area (Å²) in [5, 5.41) is 10.2. The van der Waals surface area contributed by atoms with Gasteiger partial charge in [-0.2, -0.15) is 0 Å². The van der Waals surface area contributed by atoms with Crippen molar-refractivity contribution in [2.24, 2.45) is 17.8 Å². The van der Waals surface area contributed by atoms with Crippen LogP contribution in [-0.2, 0) is 9.16 Å². The number of aliphatic hydroxyl groups is 1. The van der Waals surface area contributed by atoms with E-state index >= 15 is 0 Å². The molecule has 0 radical (unpaired) electrons. The Morgan fingerprint density at radius 1 is 1.14 bits per heavy atom. The van der Waals surface area contributed by atoms with Crippen molar-refractivity contribution in [2.45, 2.75) is 76.8 Å². The van der Waals surface area contributed by atoms with Gasteiger partial charge in [0.1, 0.15) is 0 Å². The van der Waals surface area contributed by atoms with Crippen molar-refractivity contribution in [1.82, 2.24) is 0 Å². The third-order valence-electron chi connectivity index (χ3n) is 6.32. The number of aliphatic hydroxyl groups excluding tert-OH is 1. The highest BCUT2D eigenvalue weighted by Crippen LogP contribution is 2.48. The average molecular weight is 315 g/mol. The summed E-state index contributed by atoms with van der Waals surface area (Å²) in [6.45, 7) is 12.4. The molecule has 0 spiro atoms. The number of ether oxygens (including phenoxy) is 1. The minimum absolute atomic E-state index is 0.0937. The first-order chi connectivity index (χ1) is 9.65. The van der Waals surface area contributed by atoms with Crippen LogP contribution >= 0.6 is 0 Å². The fourth-order valence-electron chi connectivity index (χ4n) is 3.87. The zero-order valence-corrected chi connectivity index (χ0v) is 15.7. The molecule has 0 aromatic carbocycles. The highest BCUT2D eigenvalue weighted by molar-refractivity contribution is 6.74. The lowest BCUT2D eigenvalue weighted by atomic mass is 9.77. The van der Waals surface area contributed by atoms with E-state index in [9.17, 15) is 5.11 Å². The number of methoxy groups -OCH3 is 1. The van der Waals surface area contributed by atoms with Crippen molar-refractivity contribution in [1.29, 1.82) is 0 Å². The molecule has 2 aliphatic rings. The molecule has 0 unspecified atom stereocenters. The zero-order valence-electron chi connectivity index (χ0n) is 14.7. The SMILES string of the molecule is CO[C@H]1C[C@H]2C[C@H](O)CC[C@H]2[C@@H]1CO[Si](C)(C)C(C)(C)C. The predicted octanol–water partition coefficient (Wildman–Crippen LogP) is 3.82. The number of hydrogen-bond donors (Lipinski definition) is 1. The van der Waals surface area contributed by atoms with Gasteiger partial charge in [-0.25, -0.2) is 0 Å². The molecule has 4 heteroatoms. The Kier molecular flexibility index (Phi) is 5.24.